The van der Waals surface area contributed by atoms with Gasteiger partial charge < -0.3 is 18.6 Å². The lowest BCUT2D eigenvalue weighted by Gasteiger charge is -2.34. The summed E-state index contributed by atoms with van der Waals surface area (Å²) in [5.74, 6) is 0. The van der Waals surface area contributed by atoms with Gasteiger partial charge in [-0.25, -0.2) is 0 Å². The molecule has 3 aliphatic rings. The number of hydrogen-bond donors (Lipinski definition) is 0. The Morgan fingerprint density at radius 1 is 0.419 bits per heavy atom. The number of hydrogen-bond acceptors (Lipinski definition) is 4. The van der Waals surface area contributed by atoms with E-state index in [1.807, 2.05) is 0 Å². The van der Waals surface area contributed by atoms with Crippen molar-refractivity contribution in [3.63, 3.8) is 0 Å². The van der Waals surface area contributed by atoms with Gasteiger partial charge in [0.25, 0.3) is 0 Å². The van der Waals surface area contributed by atoms with E-state index in [1.165, 1.54) is 33.4 Å². The van der Waals surface area contributed by atoms with E-state index < -0.39 is 42.1 Å². The van der Waals surface area contributed by atoms with Gasteiger partial charge >= 0.3 is 14.2 Å². The van der Waals surface area contributed by atoms with E-state index >= 15 is 0 Å². The molecule has 0 aromatic heterocycles. The van der Waals surface area contributed by atoms with Crippen molar-refractivity contribution < 1.29 is 18.6 Å². The summed E-state index contributed by atoms with van der Waals surface area (Å²) in [5.41, 5.74) is 7.15. The van der Waals surface area contributed by atoms with Gasteiger partial charge in [-0.1, -0.05) is 97.1 Å². The highest BCUT2D eigenvalue weighted by Crippen LogP contribution is 2.56. The molecule has 0 amide bonds. The van der Waals surface area contributed by atoms with Crippen LogP contribution in [0.3, 0.4) is 0 Å². The minimum absolute atomic E-state index is 0.420. The third-order valence-electron chi connectivity index (χ3n) is 10.6. The molecule has 0 saturated carbocycles. The average molecular weight is 570 g/mol. The van der Waals surface area contributed by atoms with Gasteiger partial charge in [0.1, 0.15) is 0 Å². The molecule has 2 heterocycles. The van der Waals surface area contributed by atoms with Gasteiger partial charge in [-0.15, -0.1) is 0 Å². The van der Waals surface area contributed by atoms with Crippen LogP contribution in [-0.2, 0) is 24.0 Å². The Kier molecular flexibility index (Phi) is 6.27. The van der Waals surface area contributed by atoms with Crippen LogP contribution in [0.2, 0.25) is 0 Å². The fraction of sp³-hybridized carbons (Fsp3) is 0.351. The van der Waals surface area contributed by atoms with E-state index in [4.69, 9.17) is 18.6 Å². The molecule has 2 aliphatic heterocycles. The molecule has 0 unspecified atom stereocenters. The molecular formula is C37H40B2O4. The Labute approximate surface area is 257 Å². The van der Waals surface area contributed by atoms with Crippen LogP contribution in [0.1, 0.15) is 77.6 Å². The first-order valence-corrected chi connectivity index (χ1v) is 15.4. The van der Waals surface area contributed by atoms with Gasteiger partial charge in [0, 0.05) is 0 Å². The van der Waals surface area contributed by atoms with E-state index in [0.29, 0.717) is 0 Å². The first kappa shape index (κ1) is 28.6. The average Bonchev–Trinajstić information content (AvgIpc) is 3.48. The zero-order chi connectivity index (χ0) is 30.4. The number of fused-ring (bicyclic) bond motifs is 3. The predicted octanol–water partition coefficient (Wildman–Crippen LogP) is 6.65. The lowest BCUT2D eigenvalue weighted by atomic mass is 9.66. The topological polar surface area (TPSA) is 36.9 Å². The number of rotatable bonds is 4. The molecular weight excluding hydrogens is 530 g/mol. The smallest absolute Gasteiger partial charge is 0.399 e. The van der Waals surface area contributed by atoms with Crippen molar-refractivity contribution in [2.75, 3.05) is 0 Å². The SMILES string of the molecule is CC1(C)OB(c2ccc3c(c2)-c2cc(B4OC(C)(C)C(C)(C)O4)ccc2C3(c2ccccc2)c2ccccc2)OC1(C)C. The van der Waals surface area contributed by atoms with E-state index in [0.717, 1.165) is 10.9 Å². The monoisotopic (exact) mass is 570 g/mol. The Morgan fingerprint density at radius 3 is 1.07 bits per heavy atom. The first-order valence-electron chi connectivity index (χ1n) is 15.4. The molecule has 0 bridgehead atoms. The fourth-order valence-electron chi connectivity index (χ4n) is 6.78. The van der Waals surface area contributed by atoms with Gasteiger partial charge in [-0.05, 0) is 99.7 Å². The Balaban J connectivity index is 1.46. The summed E-state index contributed by atoms with van der Waals surface area (Å²) in [7, 11) is -0.901. The molecule has 218 valence electrons. The second-order valence-corrected chi connectivity index (χ2v) is 14.3. The highest BCUT2D eigenvalue weighted by molar-refractivity contribution is 6.63. The standard InChI is InChI=1S/C37H40B2O4/c1-33(2)34(3,4)41-38(40-33)27-19-21-31-29(23-27)30-24-28(39-42-35(5,6)36(7,8)43-39)20-22-32(30)37(31,25-15-11-9-12-16-25)26-17-13-10-14-18-26/h9-24H,1-8H3. The van der Waals surface area contributed by atoms with Crippen LogP contribution in [0.25, 0.3) is 11.1 Å². The molecule has 0 N–H and O–H groups in total. The molecule has 7 rings (SSSR count). The Morgan fingerprint density at radius 2 is 0.744 bits per heavy atom. The summed E-state index contributed by atoms with van der Waals surface area (Å²) in [6.07, 6.45) is 0. The van der Waals surface area contributed by atoms with Gasteiger partial charge in [0.05, 0.1) is 27.8 Å². The van der Waals surface area contributed by atoms with Crippen molar-refractivity contribution in [2.24, 2.45) is 0 Å². The van der Waals surface area contributed by atoms with Crippen molar-refractivity contribution in [3.05, 3.63) is 119 Å². The van der Waals surface area contributed by atoms with Crippen LogP contribution in [-0.4, -0.2) is 36.6 Å². The summed E-state index contributed by atoms with van der Waals surface area (Å²) in [4.78, 5) is 0. The zero-order valence-electron chi connectivity index (χ0n) is 26.5. The van der Waals surface area contributed by atoms with Crippen LogP contribution in [0.5, 0.6) is 0 Å². The van der Waals surface area contributed by atoms with E-state index in [2.05, 4.69) is 152 Å². The molecule has 4 aromatic rings. The molecule has 4 nitrogen and oxygen atoms in total. The molecule has 0 radical (unpaired) electrons. The van der Waals surface area contributed by atoms with Crippen molar-refractivity contribution in [1.82, 2.24) is 0 Å². The Hall–Kier alpha value is -3.15. The molecule has 2 saturated heterocycles. The summed E-state index contributed by atoms with van der Waals surface area (Å²) in [6, 6.07) is 35.2. The van der Waals surface area contributed by atoms with Crippen LogP contribution in [0.15, 0.2) is 97.1 Å². The molecule has 2 fully saturated rings. The largest absolute Gasteiger partial charge is 0.494 e. The zero-order valence-corrected chi connectivity index (χ0v) is 26.5. The second kappa shape index (κ2) is 9.42. The fourth-order valence-corrected chi connectivity index (χ4v) is 6.78. The van der Waals surface area contributed by atoms with Gasteiger partial charge in [0.2, 0.25) is 0 Å². The van der Waals surface area contributed by atoms with E-state index in [1.54, 1.807) is 0 Å². The maximum atomic E-state index is 6.51. The van der Waals surface area contributed by atoms with E-state index in [9.17, 15) is 0 Å². The van der Waals surface area contributed by atoms with Crippen molar-refractivity contribution in [1.29, 1.82) is 0 Å². The number of benzene rings is 4. The molecule has 1 aliphatic carbocycles. The summed E-state index contributed by atoms with van der Waals surface area (Å²) >= 11 is 0. The highest BCUT2D eigenvalue weighted by Gasteiger charge is 2.54. The third kappa shape index (κ3) is 4.14. The summed E-state index contributed by atoms with van der Waals surface area (Å²) < 4.78 is 26.0. The first-order chi connectivity index (χ1) is 20.3. The van der Waals surface area contributed by atoms with Gasteiger partial charge in [-0.2, -0.15) is 0 Å². The lowest BCUT2D eigenvalue weighted by Crippen LogP contribution is -2.41. The molecule has 6 heteroatoms. The molecule has 0 spiro atoms. The van der Waals surface area contributed by atoms with Gasteiger partial charge in [0.15, 0.2) is 0 Å². The van der Waals surface area contributed by atoms with Gasteiger partial charge in [-0.3, -0.25) is 0 Å². The van der Waals surface area contributed by atoms with Crippen molar-refractivity contribution >= 4 is 25.2 Å². The molecule has 43 heavy (non-hydrogen) atoms. The predicted molar refractivity (Wildman–Crippen MR) is 175 cm³/mol. The van der Waals surface area contributed by atoms with Crippen LogP contribution in [0.4, 0.5) is 0 Å². The van der Waals surface area contributed by atoms with Crippen LogP contribution >= 0.6 is 0 Å². The normalized spacial score (nSPS) is 22.0. The minimum Gasteiger partial charge on any atom is -0.399 e. The summed E-state index contributed by atoms with van der Waals surface area (Å²) in [6.45, 7) is 16.8. The van der Waals surface area contributed by atoms with E-state index in [-0.39, 0.29) is 0 Å². The lowest BCUT2D eigenvalue weighted by molar-refractivity contribution is 0.00578. The van der Waals surface area contributed by atoms with Crippen LogP contribution in [0, 0.1) is 0 Å². The van der Waals surface area contributed by atoms with Crippen LogP contribution < -0.4 is 10.9 Å². The Bertz CT molecular complexity index is 1540. The second-order valence-electron chi connectivity index (χ2n) is 14.3. The third-order valence-corrected chi connectivity index (χ3v) is 10.6. The maximum absolute atomic E-state index is 6.51. The highest BCUT2D eigenvalue weighted by atomic mass is 16.7. The quantitative estimate of drug-likeness (QED) is 0.227. The van der Waals surface area contributed by atoms with Crippen molar-refractivity contribution in [3.8, 4) is 11.1 Å². The maximum Gasteiger partial charge on any atom is 0.494 e. The molecule has 4 aromatic carbocycles. The molecule has 0 atom stereocenters. The van der Waals surface area contributed by atoms with Crippen molar-refractivity contribution in [2.45, 2.75) is 83.2 Å². The summed E-state index contributed by atoms with van der Waals surface area (Å²) in [5, 5.41) is 0. The minimum atomic E-state index is -0.490.